The zero-order valence-corrected chi connectivity index (χ0v) is 16.1. The molecule has 2 heterocycles. The van der Waals surface area contributed by atoms with Crippen LogP contribution in [0.25, 0.3) is 11.5 Å². The van der Waals surface area contributed by atoms with E-state index >= 15 is 0 Å². The first-order valence-corrected chi connectivity index (χ1v) is 9.50. The Kier molecular flexibility index (Phi) is 5.10. The molecule has 1 aliphatic heterocycles. The van der Waals surface area contributed by atoms with E-state index in [-0.39, 0.29) is 11.8 Å². The molecule has 6 nitrogen and oxygen atoms in total. The summed E-state index contributed by atoms with van der Waals surface area (Å²) in [7, 11) is 1.64. The van der Waals surface area contributed by atoms with E-state index in [1.54, 1.807) is 7.11 Å². The quantitative estimate of drug-likeness (QED) is 0.653. The fourth-order valence-electron chi connectivity index (χ4n) is 3.54. The van der Waals surface area contributed by atoms with E-state index in [0.29, 0.717) is 31.2 Å². The summed E-state index contributed by atoms with van der Waals surface area (Å²) < 4.78 is 10.8. The third kappa shape index (κ3) is 3.63. The van der Waals surface area contributed by atoms with Crippen LogP contribution in [0.1, 0.15) is 36.2 Å². The Morgan fingerprint density at radius 1 is 1.18 bits per heavy atom. The van der Waals surface area contributed by atoms with Crippen LogP contribution in [0.15, 0.2) is 53.1 Å². The molecule has 1 atom stereocenters. The van der Waals surface area contributed by atoms with Crippen LogP contribution in [0.3, 0.4) is 0 Å². The lowest BCUT2D eigenvalue weighted by atomic mass is 10.1. The number of nitrogens with zero attached hydrogens (tertiary/aromatic N) is 3. The maximum absolute atomic E-state index is 12.5. The van der Waals surface area contributed by atoms with Gasteiger partial charge in [-0.2, -0.15) is 4.98 Å². The summed E-state index contributed by atoms with van der Waals surface area (Å²) in [5.41, 5.74) is 3.15. The first-order valence-electron chi connectivity index (χ1n) is 9.50. The lowest BCUT2D eigenvalue weighted by molar-refractivity contribution is -0.128. The van der Waals surface area contributed by atoms with Crippen molar-refractivity contribution in [2.75, 3.05) is 13.7 Å². The average molecular weight is 377 g/mol. The molecule has 28 heavy (non-hydrogen) atoms. The van der Waals surface area contributed by atoms with E-state index in [9.17, 15) is 4.79 Å². The molecule has 3 aromatic rings. The van der Waals surface area contributed by atoms with Gasteiger partial charge < -0.3 is 14.2 Å². The van der Waals surface area contributed by atoms with Crippen LogP contribution >= 0.6 is 0 Å². The van der Waals surface area contributed by atoms with Crippen LogP contribution in [0.5, 0.6) is 5.75 Å². The molecule has 1 aromatic heterocycles. The Bertz CT molecular complexity index is 965. The first kappa shape index (κ1) is 18.2. The van der Waals surface area contributed by atoms with Crippen LogP contribution in [0.2, 0.25) is 0 Å². The van der Waals surface area contributed by atoms with Gasteiger partial charge in [-0.1, -0.05) is 42.4 Å². The van der Waals surface area contributed by atoms with Crippen molar-refractivity contribution in [1.82, 2.24) is 15.0 Å². The SMILES string of the molecule is CCc1ccc(-c2nc(C3CC(=O)N(Cc4ccccc4OC)C3)no2)cc1. The van der Waals surface area contributed by atoms with E-state index in [1.165, 1.54) is 5.56 Å². The molecule has 1 aliphatic rings. The zero-order valence-electron chi connectivity index (χ0n) is 16.1. The smallest absolute Gasteiger partial charge is 0.257 e. The fraction of sp³-hybridized carbons (Fsp3) is 0.318. The van der Waals surface area contributed by atoms with Gasteiger partial charge in [-0.15, -0.1) is 0 Å². The van der Waals surface area contributed by atoms with Crippen molar-refractivity contribution in [3.8, 4) is 17.2 Å². The van der Waals surface area contributed by atoms with Crippen molar-refractivity contribution in [2.45, 2.75) is 32.2 Å². The highest BCUT2D eigenvalue weighted by Gasteiger charge is 2.34. The largest absolute Gasteiger partial charge is 0.496 e. The second-order valence-corrected chi connectivity index (χ2v) is 7.00. The van der Waals surface area contributed by atoms with Crippen LogP contribution in [-0.2, 0) is 17.8 Å². The average Bonchev–Trinajstić information content (AvgIpc) is 3.36. The summed E-state index contributed by atoms with van der Waals surface area (Å²) in [6.07, 6.45) is 1.38. The van der Waals surface area contributed by atoms with Crippen molar-refractivity contribution in [3.63, 3.8) is 0 Å². The van der Waals surface area contributed by atoms with E-state index in [4.69, 9.17) is 9.26 Å². The van der Waals surface area contributed by atoms with E-state index in [0.717, 1.165) is 23.3 Å². The van der Waals surface area contributed by atoms with Gasteiger partial charge in [0, 0.05) is 36.6 Å². The van der Waals surface area contributed by atoms with Gasteiger partial charge in [-0.3, -0.25) is 4.79 Å². The molecule has 0 N–H and O–H groups in total. The van der Waals surface area contributed by atoms with Gasteiger partial charge in [-0.05, 0) is 30.2 Å². The van der Waals surface area contributed by atoms with Gasteiger partial charge in [0.2, 0.25) is 5.91 Å². The summed E-state index contributed by atoms with van der Waals surface area (Å²) in [5, 5.41) is 4.14. The fourth-order valence-corrected chi connectivity index (χ4v) is 3.54. The number of aryl methyl sites for hydroxylation is 1. The Morgan fingerprint density at radius 3 is 2.71 bits per heavy atom. The maximum atomic E-state index is 12.5. The third-order valence-corrected chi connectivity index (χ3v) is 5.18. The molecular formula is C22H23N3O3. The summed E-state index contributed by atoms with van der Waals surface area (Å²) >= 11 is 0. The molecule has 2 aromatic carbocycles. The minimum absolute atomic E-state index is 0.0605. The Morgan fingerprint density at radius 2 is 1.96 bits per heavy atom. The molecule has 0 aliphatic carbocycles. The molecule has 4 rings (SSSR count). The monoisotopic (exact) mass is 377 g/mol. The number of para-hydroxylation sites is 1. The minimum Gasteiger partial charge on any atom is -0.496 e. The van der Waals surface area contributed by atoms with Crippen LogP contribution in [0.4, 0.5) is 0 Å². The number of carbonyl (C=O) groups excluding carboxylic acids is 1. The summed E-state index contributed by atoms with van der Waals surface area (Å²) in [6.45, 7) is 3.21. The molecule has 1 saturated heterocycles. The first-order chi connectivity index (χ1) is 13.7. The van der Waals surface area contributed by atoms with Crippen LogP contribution in [0, 0.1) is 0 Å². The van der Waals surface area contributed by atoms with Gasteiger partial charge in [0.15, 0.2) is 5.82 Å². The third-order valence-electron chi connectivity index (χ3n) is 5.18. The second kappa shape index (κ2) is 7.84. The summed E-state index contributed by atoms with van der Waals surface area (Å²) in [5.74, 6) is 1.90. The number of methoxy groups -OCH3 is 1. The van der Waals surface area contributed by atoms with Crippen molar-refractivity contribution in [1.29, 1.82) is 0 Å². The topological polar surface area (TPSA) is 68.5 Å². The Balaban J connectivity index is 1.47. The minimum atomic E-state index is -0.0605. The molecule has 0 spiro atoms. The summed E-state index contributed by atoms with van der Waals surface area (Å²) in [4.78, 5) is 18.9. The van der Waals surface area contributed by atoms with Crippen LogP contribution in [-0.4, -0.2) is 34.6 Å². The summed E-state index contributed by atoms with van der Waals surface area (Å²) in [6, 6.07) is 15.9. The normalized spacial score (nSPS) is 16.6. The number of likely N-dealkylation sites (tertiary alicyclic amines) is 1. The van der Waals surface area contributed by atoms with Crippen molar-refractivity contribution in [2.24, 2.45) is 0 Å². The van der Waals surface area contributed by atoms with E-state index < -0.39 is 0 Å². The molecule has 144 valence electrons. The van der Waals surface area contributed by atoms with Gasteiger partial charge in [-0.25, -0.2) is 0 Å². The second-order valence-electron chi connectivity index (χ2n) is 7.00. The van der Waals surface area contributed by atoms with Crippen LogP contribution < -0.4 is 4.74 Å². The molecule has 1 amide bonds. The highest BCUT2D eigenvalue weighted by atomic mass is 16.5. The van der Waals surface area contributed by atoms with Crippen molar-refractivity contribution in [3.05, 3.63) is 65.5 Å². The maximum Gasteiger partial charge on any atom is 0.257 e. The molecule has 0 bridgehead atoms. The molecule has 0 saturated carbocycles. The zero-order chi connectivity index (χ0) is 19.5. The Hall–Kier alpha value is -3.15. The molecule has 6 heteroatoms. The van der Waals surface area contributed by atoms with Gasteiger partial charge in [0.05, 0.1) is 7.11 Å². The molecule has 1 unspecified atom stereocenters. The number of hydrogen-bond acceptors (Lipinski definition) is 5. The Labute approximate surface area is 164 Å². The van der Waals surface area contributed by atoms with Crippen molar-refractivity contribution < 1.29 is 14.1 Å². The highest BCUT2D eigenvalue weighted by Crippen LogP contribution is 2.30. The predicted octanol–water partition coefficient (Wildman–Crippen LogP) is 3.82. The molecule has 0 radical (unpaired) electrons. The highest BCUT2D eigenvalue weighted by molar-refractivity contribution is 5.79. The number of ether oxygens (including phenoxy) is 1. The van der Waals surface area contributed by atoms with E-state index in [1.807, 2.05) is 41.3 Å². The molecule has 1 fully saturated rings. The van der Waals surface area contributed by atoms with Crippen molar-refractivity contribution >= 4 is 5.91 Å². The lowest BCUT2D eigenvalue weighted by Gasteiger charge is -2.17. The number of hydrogen-bond donors (Lipinski definition) is 0. The van der Waals surface area contributed by atoms with Gasteiger partial charge in [0.1, 0.15) is 5.75 Å². The molecular weight excluding hydrogens is 354 g/mol. The number of aromatic nitrogens is 2. The standard InChI is InChI=1S/C22H23N3O3/c1-3-15-8-10-16(11-9-15)22-23-21(24-28-22)18-12-20(26)25(14-18)13-17-6-4-5-7-19(17)27-2/h4-11,18H,3,12-14H2,1-2H3. The van der Waals surface area contributed by atoms with Gasteiger partial charge >= 0.3 is 0 Å². The van der Waals surface area contributed by atoms with Gasteiger partial charge in [0.25, 0.3) is 5.89 Å². The number of benzene rings is 2. The predicted molar refractivity (Wildman–Crippen MR) is 105 cm³/mol. The number of rotatable bonds is 6. The van der Waals surface area contributed by atoms with E-state index in [2.05, 4.69) is 29.2 Å². The lowest BCUT2D eigenvalue weighted by Crippen LogP contribution is -2.24. The number of amides is 1. The number of carbonyl (C=O) groups is 1.